The van der Waals surface area contributed by atoms with E-state index in [1.165, 1.54) is 6.21 Å². The van der Waals surface area contributed by atoms with E-state index >= 15 is 0 Å². The third-order valence-electron chi connectivity index (χ3n) is 6.81. The van der Waals surface area contributed by atoms with E-state index in [4.69, 9.17) is 5.41 Å². The summed E-state index contributed by atoms with van der Waals surface area (Å²) in [7, 11) is 0. The summed E-state index contributed by atoms with van der Waals surface area (Å²) in [5.74, 6) is 1.11. The second-order valence-corrected chi connectivity index (χ2v) is 9.20. The van der Waals surface area contributed by atoms with E-state index in [1.807, 2.05) is 35.4 Å². The fourth-order valence-electron chi connectivity index (χ4n) is 4.85. The topological polar surface area (TPSA) is 99.0 Å². The summed E-state index contributed by atoms with van der Waals surface area (Å²) in [6, 6.07) is 7.97. The molecule has 2 aliphatic rings. The summed E-state index contributed by atoms with van der Waals surface area (Å²) in [5, 5.41) is 11.2. The van der Waals surface area contributed by atoms with Gasteiger partial charge in [-0.1, -0.05) is 12.1 Å². The quantitative estimate of drug-likeness (QED) is 0.593. The summed E-state index contributed by atoms with van der Waals surface area (Å²) in [5.41, 5.74) is 3.00. The van der Waals surface area contributed by atoms with Gasteiger partial charge in [-0.25, -0.2) is 4.98 Å². The molecule has 174 valence electrons. The number of benzene rings is 1. The summed E-state index contributed by atoms with van der Waals surface area (Å²) < 4.78 is 0. The van der Waals surface area contributed by atoms with Crippen LogP contribution in [0.15, 0.2) is 36.7 Å². The highest BCUT2D eigenvalue weighted by Gasteiger charge is 2.23. The molecule has 1 aromatic heterocycles. The molecule has 33 heavy (non-hydrogen) atoms. The lowest BCUT2D eigenvalue weighted by Gasteiger charge is -2.32. The van der Waals surface area contributed by atoms with Gasteiger partial charge in [-0.15, -0.1) is 0 Å². The fraction of sp³-hybridized carbons (Fsp3) is 0.500. The average Bonchev–Trinajstić information content (AvgIpc) is 2.84. The normalized spacial score (nSPS) is 20.1. The Kier molecular flexibility index (Phi) is 7.81. The monoisotopic (exact) mass is 447 g/mol. The van der Waals surface area contributed by atoms with Crippen molar-refractivity contribution < 1.29 is 9.59 Å². The largest absolute Gasteiger partial charge is 0.387 e. The van der Waals surface area contributed by atoms with Gasteiger partial charge >= 0.3 is 0 Å². The number of para-hydroxylation sites is 2. The van der Waals surface area contributed by atoms with Gasteiger partial charge in [0, 0.05) is 56.4 Å². The molecule has 1 amide bonds. The highest BCUT2D eigenvalue weighted by atomic mass is 16.2. The minimum atomic E-state index is 0.234. The van der Waals surface area contributed by atoms with Crippen LogP contribution < -0.4 is 5.32 Å². The molecule has 1 aromatic carbocycles. The Morgan fingerprint density at radius 3 is 2.73 bits per heavy atom. The van der Waals surface area contributed by atoms with Crippen LogP contribution in [0.3, 0.4) is 0 Å². The van der Waals surface area contributed by atoms with Crippen molar-refractivity contribution in [1.29, 1.82) is 5.41 Å². The zero-order valence-electron chi connectivity index (χ0n) is 19.1. The van der Waals surface area contributed by atoms with Gasteiger partial charge < -0.3 is 15.6 Å². The first kappa shape index (κ1) is 23.1. The van der Waals surface area contributed by atoms with Gasteiger partial charge in [-0.05, 0) is 56.6 Å². The van der Waals surface area contributed by atoms with Crippen molar-refractivity contribution in [3.05, 3.63) is 42.4 Å². The van der Waals surface area contributed by atoms with E-state index in [1.54, 1.807) is 6.20 Å². The van der Waals surface area contributed by atoms with Crippen LogP contribution in [0.2, 0.25) is 0 Å². The van der Waals surface area contributed by atoms with Gasteiger partial charge in [0.1, 0.15) is 5.78 Å². The zero-order chi connectivity index (χ0) is 23.0. The number of hydrogen-bond donors (Lipinski definition) is 2. The molecule has 7 nitrogen and oxygen atoms in total. The molecule has 2 fully saturated rings. The first-order valence-corrected chi connectivity index (χ1v) is 12.1. The summed E-state index contributed by atoms with van der Waals surface area (Å²) >= 11 is 0. The van der Waals surface area contributed by atoms with E-state index in [9.17, 15) is 9.59 Å². The number of ketones is 1. The van der Waals surface area contributed by atoms with Crippen LogP contribution in [-0.4, -0.2) is 51.9 Å². The summed E-state index contributed by atoms with van der Waals surface area (Å²) in [6.07, 6.45) is 12.7. The number of rotatable bonds is 8. The van der Waals surface area contributed by atoms with Crippen LogP contribution in [0.4, 0.5) is 0 Å². The van der Waals surface area contributed by atoms with Crippen LogP contribution in [-0.2, 0) is 9.59 Å². The van der Waals surface area contributed by atoms with Crippen molar-refractivity contribution in [2.75, 3.05) is 13.1 Å². The maximum atomic E-state index is 12.6. The van der Waals surface area contributed by atoms with Crippen molar-refractivity contribution in [1.82, 2.24) is 20.2 Å². The molecule has 1 saturated heterocycles. The Hall–Kier alpha value is -3.09. The van der Waals surface area contributed by atoms with Gasteiger partial charge in [-0.2, -0.15) is 0 Å². The van der Waals surface area contributed by atoms with Crippen molar-refractivity contribution in [3.8, 4) is 0 Å². The molecular formula is C26H33N5O2. The van der Waals surface area contributed by atoms with E-state index in [2.05, 4.69) is 15.3 Å². The molecule has 7 heteroatoms. The van der Waals surface area contributed by atoms with Crippen LogP contribution in [0.25, 0.3) is 16.6 Å². The van der Waals surface area contributed by atoms with E-state index in [0.717, 1.165) is 69.1 Å². The van der Waals surface area contributed by atoms with Crippen LogP contribution in [0, 0.1) is 11.3 Å². The molecular weight excluding hydrogens is 414 g/mol. The lowest BCUT2D eigenvalue weighted by Crippen LogP contribution is -2.43. The molecule has 2 N–H and O–H groups in total. The molecule has 2 heterocycles. The molecule has 1 saturated carbocycles. The van der Waals surface area contributed by atoms with Gasteiger partial charge in [0.15, 0.2) is 0 Å². The number of piperidine rings is 1. The van der Waals surface area contributed by atoms with E-state index < -0.39 is 0 Å². The summed E-state index contributed by atoms with van der Waals surface area (Å²) in [4.78, 5) is 35.2. The Morgan fingerprint density at radius 1 is 1.18 bits per heavy atom. The zero-order valence-corrected chi connectivity index (χ0v) is 19.1. The number of hydrogen-bond acceptors (Lipinski definition) is 6. The van der Waals surface area contributed by atoms with Gasteiger partial charge in [0.2, 0.25) is 5.91 Å². The minimum absolute atomic E-state index is 0.234. The number of amides is 1. The Balaban J connectivity index is 1.22. The molecule has 0 radical (unpaired) electrons. The number of aromatic nitrogens is 2. The number of nitrogens with one attached hydrogen (secondary N) is 2. The number of likely N-dealkylation sites (tertiary alicyclic amines) is 1. The number of carbonyl (C=O) groups excluding carboxylic acids is 2. The van der Waals surface area contributed by atoms with E-state index in [-0.39, 0.29) is 11.9 Å². The first-order chi connectivity index (χ1) is 16.1. The van der Waals surface area contributed by atoms with Gasteiger partial charge in [0.25, 0.3) is 0 Å². The molecule has 1 atom stereocenters. The molecule has 4 rings (SSSR count). The predicted molar refractivity (Wildman–Crippen MR) is 130 cm³/mol. The van der Waals surface area contributed by atoms with Crippen LogP contribution in [0.5, 0.6) is 0 Å². The number of nitrogens with zero attached hydrogens (tertiary/aromatic N) is 3. The molecule has 2 aromatic rings. The molecule has 0 spiro atoms. The number of fused-ring (bicyclic) bond motifs is 1. The first-order valence-electron chi connectivity index (χ1n) is 12.1. The Bertz CT molecular complexity index is 1030. The lowest BCUT2D eigenvalue weighted by molar-refractivity contribution is -0.132. The molecule has 0 bridgehead atoms. The van der Waals surface area contributed by atoms with Crippen molar-refractivity contribution in [2.45, 2.75) is 63.8 Å². The second kappa shape index (κ2) is 11.2. The fourth-order valence-corrected chi connectivity index (χ4v) is 4.85. The van der Waals surface area contributed by atoms with Gasteiger partial charge in [0.05, 0.1) is 22.9 Å². The standard InChI is InChI=1S/C26H33N5O2/c27-16-20(25-18-29-23-8-1-2-9-24(23)30-25)17-28-21-11-13-31(14-12-21)26(33)10-4-6-19-5-3-7-22(32)15-19/h1-2,8-9,16-19,21,27-28H,3-7,10-15H2/b20-17+,27-16?. The number of carbonyl (C=O) groups is 2. The smallest absolute Gasteiger partial charge is 0.222 e. The van der Waals surface area contributed by atoms with Crippen molar-refractivity contribution in [3.63, 3.8) is 0 Å². The SMILES string of the molecule is N=C/C(=C\NC1CCN(C(=O)CCCC2CCCC(=O)C2)CC1)c1cnc2ccccc2n1. The molecule has 1 aliphatic heterocycles. The van der Waals surface area contributed by atoms with Crippen molar-refractivity contribution >= 4 is 34.5 Å². The maximum Gasteiger partial charge on any atom is 0.222 e. The number of allylic oxidation sites excluding steroid dienone is 1. The number of Topliss-reactive ketones (excluding diaryl/α,β-unsaturated/α-hetero) is 1. The van der Waals surface area contributed by atoms with E-state index in [0.29, 0.717) is 35.8 Å². The molecule has 1 aliphatic carbocycles. The predicted octanol–water partition coefficient (Wildman–Crippen LogP) is 4.13. The third-order valence-corrected chi connectivity index (χ3v) is 6.81. The second-order valence-electron chi connectivity index (χ2n) is 9.20. The maximum absolute atomic E-state index is 12.6. The van der Waals surface area contributed by atoms with Crippen LogP contribution in [0.1, 0.15) is 63.5 Å². The average molecular weight is 448 g/mol. The van der Waals surface area contributed by atoms with Gasteiger partial charge in [-0.3, -0.25) is 14.6 Å². The van der Waals surface area contributed by atoms with Crippen molar-refractivity contribution in [2.24, 2.45) is 5.92 Å². The molecule has 1 unspecified atom stereocenters. The Labute approximate surface area is 195 Å². The Morgan fingerprint density at radius 2 is 1.97 bits per heavy atom. The summed E-state index contributed by atoms with van der Waals surface area (Å²) in [6.45, 7) is 1.50. The third kappa shape index (κ3) is 6.24. The highest BCUT2D eigenvalue weighted by molar-refractivity contribution is 6.07. The van der Waals surface area contributed by atoms with Crippen LogP contribution >= 0.6 is 0 Å². The highest BCUT2D eigenvalue weighted by Crippen LogP contribution is 2.26. The minimum Gasteiger partial charge on any atom is -0.387 e. The lowest BCUT2D eigenvalue weighted by atomic mass is 9.85.